The summed E-state index contributed by atoms with van der Waals surface area (Å²) in [4.78, 5) is 0. The lowest BCUT2D eigenvalue weighted by Crippen LogP contribution is -1.91. The number of H-pyrrole nitrogens is 1. The molecule has 2 aromatic carbocycles. The van der Waals surface area contributed by atoms with Gasteiger partial charge in [0.05, 0.1) is 5.52 Å². The van der Waals surface area contributed by atoms with Gasteiger partial charge in [-0.3, -0.25) is 0 Å². The van der Waals surface area contributed by atoms with Gasteiger partial charge in [0.1, 0.15) is 5.82 Å². The summed E-state index contributed by atoms with van der Waals surface area (Å²) in [6, 6.07) is 14.4. The molecule has 0 atom stereocenters. The maximum Gasteiger partial charge on any atom is 0.179 e. The minimum absolute atomic E-state index is 0.240. The molecule has 0 aliphatic heterocycles. The number of nitrogens with one attached hydrogen (secondary N) is 1. The summed E-state index contributed by atoms with van der Waals surface area (Å²) < 4.78 is 15.0. The van der Waals surface area contributed by atoms with Crippen LogP contribution in [0.25, 0.3) is 28.0 Å². The van der Waals surface area contributed by atoms with Gasteiger partial charge in [-0.15, -0.1) is 5.10 Å². The molecule has 0 aliphatic rings. The molecule has 4 rings (SSSR count). The molecule has 0 amide bonds. The molecule has 2 heterocycles. The summed E-state index contributed by atoms with van der Waals surface area (Å²) >= 11 is 0. The van der Waals surface area contributed by atoms with Crippen molar-refractivity contribution in [3.05, 3.63) is 60.5 Å². The summed E-state index contributed by atoms with van der Waals surface area (Å²) in [6.07, 6.45) is 1.96. The number of halogens is 1. The summed E-state index contributed by atoms with van der Waals surface area (Å²) in [5.74, 6) is 0.391. The van der Waals surface area contributed by atoms with Gasteiger partial charge in [-0.1, -0.05) is 0 Å². The molecule has 5 nitrogen and oxygen atoms in total. The van der Waals surface area contributed by atoms with E-state index in [1.54, 1.807) is 12.1 Å². The van der Waals surface area contributed by atoms with Crippen LogP contribution in [0.4, 0.5) is 4.39 Å². The maximum atomic E-state index is 13.0. The van der Waals surface area contributed by atoms with Crippen molar-refractivity contribution in [2.24, 2.45) is 0 Å². The van der Waals surface area contributed by atoms with E-state index >= 15 is 0 Å². The molecule has 0 radical (unpaired) electrons. The SMILES string of the molecule is Fc1ccc(-n2ccc3cc(-c4nnn[nH]4)ccc32)cc1. The van der Waals surface area contributed by atoms with Crippen molar-refractivity contribution in [3.63, 3.8) is 0 Å². The Balaban J connectivity index is 1.84. The fraction of sp³-hybridized carbons (Fsp3) is 0. The second-order valence-electron chi connectivity index (χ2n) is 4.69. The topological polar surface area (TPSA) is 59.4 Å². The number of aromatic nitrogens is 5. The van der Waals surface area contributed by atoms with E-state index in [-0.39, 0.29) is 5.82 Å². The molecular weight excluding hydrogens is 269 g/mol. The molecule has 1 N–H and O–H groups in total. The molecule has 102 valence electrons. The van der Waals surface area contributed by atoms with Crippen LogP contribution in [0.5, 0.6) is 0 Å². The van der Waals surface area contributed by atoms with Crippen molar-refractivity contribution in [2.45, 2.75) is 0 Å². The van der Waals surface area contributed by atoms with Gasteiger partial charge in [0.25, 0.3) is 0 Å². The van der Waals surface area contributed by atoms with Crippen molar-refractivity contribution in [1.82, 2.24) is 25.2 Å². The number of rotatable bonds is 2. The van der Waals surface area contributed by atoms with E-state index < -0.39 is 0 Å². The molecule has 0 saturated heterocycles. The van der Waals surface area contributed by atoms with Gasteiger partial charge in [0.2, 0.25) is 0 Å². The highest BCUT2D eigenvalue weighted by molar-refractivity contribution is 5.85. The van der Waals surface area contributed by atoms with Crippen molar-refractivity contribution >= 4 is 10.9 Å². The Morgan fingerprint density at radius 2 is 1.86 bits per heavy atom. The smallest absolute Gasteiger partial charge is 0.179 e. The first kappa shape index (κ1) is 11.8. The maximum absolute atomic E-state index is 13.0. The van der Waals surface area contributed by atoms with Gasteiger partial charge in [-0.25, -0.2) is 9.49 Å². The van der Waals surface area contributed by atoms with E-state index in [1.165, 1.54) is 12.1 Å². The fourth-order valence-corrected chi connectivity index (χ4v) is 2.40. The summed E-state index contributed by atoms with van der Waals surface area (Å²) in [5.41, 5.74) is 2.88. The molecule has 0 aliphatic carbocycles. The molecule has 0 saturated carbocycles. The zero-order valence-electron chi connectivity index (χ0n) is 10.9. The first-order chi connectivity index (χ1) is 10.3. The number of nitrogens with zero attached hydrogens (tertiary/aromatic N) is 4. The first-order valence-corrected chi connectivity index (χ1v) is 6.42. The van der Waals surface area contributed by atoms with E-state index in [2.05, 4.69) is 20.6 Å². The lowest BCUT2D eigenvalue weighted by molar-refractivity contribution is 0.627. The van der Waals surface area contributed by atoms with Crippen LogP contribution >= 0.6 is 0 Å². The fourth-order valence-electron chi connectivity index (χ4n) is 2.40. The standard InChI is InChI=1S/C15H10FN5/c16-12-2-4-13(5-3-12)21-8-7-10-9-11(1-6-14(10)21)15-17-19-20-18-15/h1-9H,(H,17,18,19,20). The van der Waals surface area contributed by atoms with Gasteiger partial charge < -0.3 is 4.57 Å². The number of aromatic amines is 1. The van der Waals surface area contributed by atoms with Crippen molar-refractivity contribution in [3.8, 4) is 17.1 Å². The van der Waals surface area contributed by atoms with E-state index in [1.807, 2.05) is 35.0 Å². The van der Waals surface area contributed by atoms with Crippen LogP contribution in [-0.2, 0) is 0 Å². The Kier molecular flexibility index (Phi) is 2.53. The average molecular weight is 279 g/mol. The predicted molar refractivity (Wildman–Crippen MR) is 76.4 cm³/mol. The number of hydrogen-bond acceptors (Lipinski definition) is 3. The van der Waals surface area contributed by atoms with E-state index in [4.69, 9.17) is 0 Å². The van der Waals surface area contributed by atoms with Crippen LogP contribution in [0.3, 0.4) is 0 Å². The second kappa shape index (κ2) is 4.52. The Labute approximate surface area is 119 Å². The number of fused-ring (bicyclic) bond motifs is 1. The van der Waals surface area contributed by atoms with Gasteiger partial charge in [0.15, 0.2) is 5.82 Å². The Morgan fingerprint density at radius 3 is 2.62 bits per heavy atom. The van der Waals surface area contributed by atoms with Crippen molar-refractivity contribution in [2.75, 3.05) is 0 Å². The first-order valence-electron chi connectivity index (χ1n) is 6.42. The van der Waals surface area contributed by atoms with Crippen molar-refractivity contribution in [1.29, 1.82) is 0 Å². The largest absolute Gasteiger partial charge is 0.317 e. The molecule has 0 unspecified atom stereocenters. The third-order valence-corrected chi connectivity index (χ3v) is 3.41. The zero-order valence-corrected chi connectivity index (χ0v) is 10.9. The highest BCUT2D eigenvalue weighted by Gasteiger charge is 2.07. The van der Waals surface area contributed by atoms with Crippen LogP contribution in [0, 0.1) is 5.82 Å². The normalized spacial score (nSPS) is 11.1. The second-order valence-corrected chi connectivity index (χ2v) is 4.69. The van der Waals surface area contributed by atoms with E-state index in [0.29, 0.717) is 5.82 Å². The molecule has 4 aromatic rings. The predicted octanol–water partition coefficient (Wildman–Crippen LogP) is 2.95. The molecule has 0 fully saturated rings. The van der Waals surface area contributed by atoms with Crippen molar-refractivity contribution < 1.29 is 4.39 Å². The van der Waals surface area contributed by atoms with Gasteiger partial charge in [-0.05, 0) is 59.0 Å². The van der Waals surface area contributed by atoms with Gasteiger partial charge in [0, 0.05) is 22.8 Å². The molecule has 0 bridgehead atoms. The lowest BCUT2D eigenvalue weighted by Gasteiger charge is -2.05. The minimum atomic E-state index is -0.240. The van der Waals surface area contributed by atoms with Gasteiger partial charge >= 0.3 is 0 Å². The lowest BCUT2D eigenvalue weighted by atomic mass is 10.1. The Bertz CT molecular complexity index is 894. The van der Waals surface area contributed by atoms with Crippen LogP contribution in [0.2, 0.25) is 0 Å². The number of benzene rings is 2. The Morgan fingerprint density at radius 1 is 1.00 bits per heavy atom. The number of tetrazole rings is 1. The third-order valence-electron chi connectivity index (χ3n) is 3.41. The summed E-state index contributed by atoms with van der Waals surface area (Å²) in [5, 5.41) is 14.9. The summed E-state index contributed by atoms with van der Waals surface area (Å²) in [6.45, 7) is 0. The molecule has 0 spiro atoms. The van der Waals surface area contributed by atoms with Crippen LogP contribution < -0.4 is 0 Å². The van der Waals surface area contributed by atoms with Crippen LogP contribution in [-0.4, -0.2) is 25.2 Å². The van der Waals surface area contributed by atoms with Crippen LogP contribution in [0.15, 0.2) is 54.7 Å². The molecular formula is C15H10FN5. The van der Waals surface area contributed by atoms with E-state index in [0.717, 1.165) is 22.2 Å². The number of hydrogen-bond donors (Lipinski definition) is 1. The minimum Gasteiger partial charge on any atom is -0.317 e. The highest BCUT2D eigenvalue weighted by atomic mass is 19.1. The highest BCUT2D eigenvalue weighted by Crippen LogP contribution is 2.25. The molecule has 21 heavy (non-hydrogen) atoms. The monoisotopic (exact) mass is 279 g/mol. The Hall–Kier alpha value is -3.02. The molecule has 6 heteroatoms. The van der Waals surface area contributed by atoms with Gasteiger partial charge in [-0.2, -0.15) is 0 Å². The zero-order chi connectivity index (χ0) is 14.2. The molecule has 2 aromatic heterocycles. The van der Waals surface area contributed by atoms with E-state index in [9.17, 15) is 4.39 Å². The third kappa shape index (κ3) is 1.97. The quantitative estimate of drug-likeness (QED) is 0.613. The summed E-state index contributed by atoms with van der Waals surface area (Å²) in [7, 11) is 0. The van der Waals surface area contributed by atoms with Crippen LogP contribution in [0.1, 0.15) is 0 Å². The average Bonchev–Trinajstić information content (AvgIpc) is 3.17.